The summed E-state index contributed by atoms with van der Waals surface area (Å²) in [4.78, 5) is 22.6. The van der Waals surface area contributed by atoms with Crippen LogP contribution in [0.1, 0.15) is 25.3 Å². The van der Waals surface area contributed by atoms with Gasteiger partial charge in [-0.15, -0.1) is 0 Å². The molecule has 19 heavy (non-hydrogen) atoms. The first-order chi connectivity index (χ1) is 9.19. The van der Waals surface area contributed by atoms with E-state index in [-0.39, 0.29) is 11.8 Å². The van der Waals surface area contributed by atoms with E-state index < -0.39 is 0 Å². The third-order valence-electron chi connectivity index (χ3n) is 2.96. The van der Waals surface area contributed by atoms with Gasteiger partial charge in [-0.3, -0.25) is 9.59 Å². The van der Waals surface area contributed by atoms with Gasteiger partial charge >= 0.3 is 0 Å². The fraction of sp³-hybridized carbons (Fsp3) is 0.429. The molecule has 0 spiro atoms. The molecule has 1 aromatic rings. The predicted octanol–water partition coefficient (Wildman–Crippen LogP) is 1.48. The highest BCUT2D eigenvalue weighted by atomic mass is 16.5. The standard InChI is InChI=1S/C14H18N2O3/c1-2-13(17)15-7-5-10-3-4-12-11(9-10)16-14(18)6-8-19-12/h3-4,9H,2,5-8H2,1H3,(H,15,17)(H,16,18). The number of carbonyl (C=O) groups excluding carboxylic acids is 2. The van der Waals surface area contributed by atoms with Crippen LogP contribution in [0.3, 0.4) is 0 Å². The van der Waals surface area contributed by atoms with Crippen LogP contribution in [0.25, 0.3) is 0 Å². The Hall–Kier alpha value is -2.04. The Balaban J connectivity index is 1.99. The molecule has 0 aromatic heterocycles. The Labute approximate surface area is 112 Å². The molecule has 102 valence electrons. The smallest absolute Gasteiger partial charge is 0.227 e. The molecule has 1 heterocycles. The Kier molecular flexibility index (Phi) is 4.39. The van der Waals surface area contributed by atoms with Crippen molar-refractivity contribution >= 4 is 17.5 Å². The number of hydrogen-bond donors (Lipinski definition) is 2. The molecular formula is C14H18N2O3. The van der Waals surface area contributed by atoms with E-state index in [1.54, 1.807) is 0 Å². The molecule has 1 aromatic carbocycles. The topological polar surface area (TPSA) is 67.4 Å². The first-order valence-corrected chi connectivity index (χ1v) is 6.51. The maximum absolute atomic E-state index is 11.5. The molecule has 5 heteroatoms. The van der Waals surface area contributed by atoms with Crippen molar-refractivity contribution in [2.45, 2.75) is 26.2 Å². The van der Waals surface area contributed by atoms with Crippen LogP contribution in [0.15, 0.2) is 18.2 Å². The second kappa shape index (κ2) is 6.22. The summed E-state index contributed by atoms with van der Waals surface area (Å²) in [6.07, 6.45) is 1.60. The summed E-state index contributed by atoms with van der Waals surface area (Å²) < 4.78 is 5.48. The quantitative estimate of drug-likeness (QED) is 0.863. The van der Waals surface area contributed by atoms with E-state index in [0.717, 1.165) is 12.0 Å². The van der Waals surface area contributed by atoms with Crippen molar-refractivity contribution in [1.29, 1.82) is 0 Å². The Bertz CT molecular complexity index is 486. The molecule has 0 unspecified atom stereocenters. The number of amides is 2. The van der Waals surface area contributed by atoms with E-state index in [4.69, 9.17) is 4.74 Å². The number of ether oxygens (including phenoxy) is 1. The van der Waals surface area contributed by atoms with E-state index in [0.29, 0.717) is 37.4 Å². The molecule has 0 saturated heterocycles. The van der Waals surface area contributed by atoms with Crippen molar-refractivity contribution in [1.82, 2.24) is 5.32 Å². The summed E-state index contributed by atoms with van der Waals surface area (Å²) in [5.41, 5.74) is 1.77. The molecule has 2 rings (SSSR count). The molecule has 0 aliphatic carbocycles. The number of hydrogen-bond acceptors (Lipinski definition) is 3. The Morgan fingerprint density at radius 3 is 3.11 bits per heavy atom. The van der Waals surface area contributed by atoms with Gasteiger partial charge in [0.15, 0.2) is 0 Å². The van der Waals surface area contributed by atoms with Gasteiger partial charge in [0.05, 0.1) is 18.7 Å². The van der Waals surface area contributed by atoms with Crippen molar-refractivity contribution in [3.63, 3.8) is 0 Å². The lowest BCUT2D eigenvalue weighted by Crippen LogP contribution is -2.24. The molecule has 1 aliphatic rings. The molecule has 2 N–H and O–H groups in total. The molecular weight excluding hydrogens is 244 g/mol. The summed E-state index contributed by atoms with van der Waals surface area (Å²) >= 11 is 0. The summed E-state index contributed by atoms with van der Waals surface area (Å²) in [5.74, 6) is 0.716. The minimum atomic E-state index is -0.0322. The van der Waals surface area contributed by atoms with Crippen LogP contribution in [-0.2, 0) is 16.0 Å². The van der Waals surface area contributed by atoms with E-state index in [2.05, 4.69) is 10.6 Å². The van der Waals surface area contributed by atoms with Crippen molar-refractivity contribution < 1.29 is 14.3 Å². The minimum absolute atomic E-state index is 0.0322. The summed E-state index contributed by atoms with van der Waals surface area (Å²) in [6.45, 7) is 2.83. The van der Waals surface area contributed by atoms with Crippen molar-refractivity contribution in [3.05, 3.63) is 23.8 Å². The van der Waals surface area contributed by atoms with Gasteiger partial charge in [0.1, 0.15) is 5.75 Å². The van der Waals surface area contributed by atoms with Gasteiger partial charge in [0.25, 0.3) is 0 Å². The van der Waals surface area contributed by atoms with Crippen LogP contribution in [0, 0.1) is 0 Å². The number of benzene rings is 1. The third-order valence-corrected chi connectivity index (χ3v) is 2.96. The Morgan fingerprint density at radius 1 is 1.47 bits per heavy atom. The molecule has 5 nitrogen and oxygen atoms in total. The van der Waals surface area contributed by atoms with Gasteiger partial charge in [-0.05, 0) is 24.1 Å². The number of rotatable bonds is 4. The second-order valence-electron chi connectivity index (χ2n) is 4.43. The van der Waals surface area contributed by atoms with E-state index in [9.17, 15) is 9.59 Å². The fourth-order valence-corrected chi connectivity index (χ4v) is 1.89. The number of nitrogens with one attached hydrogen (secondary N) is 2. The first-order valence-electron chi connectivity index (χ1n) is 6.51. The number of fused-ring (bicyclic) bond motifs is 1. The van der Waals surface area contributed by atoms with Gasteiger partial charge in [-0.25, -0.2) is 0 Å². The highest BCUT2D eigenvalue weighted by Gasteiger charge is 2.13. The molecule has 0 radical (unpaired) electrons. The van der Waals surface area contributed by atoms with E-state index in [1.165, 1.54) is 0 Å². The lowest BCUT2D eigenvalue weighted by atomic mass is 10.1. The maximum Gasteiger partial charge on any atom is 0.227 e. The van der Waals surface area contributed by atoms with Crippen LogP contribution in [0.4, 0.5) is 5.69 Å². The van der Waals surface area contributed by atoms with Crippen LogP contribution in [-0.4, -0.2) is 25.0 Å². The van der Waals surface area contributed by atoms with Crippen LogP contribution < -0.4 is 15.4 Å². The Morgan fingerprint density at radius 2 is 2.32 bits per heavy atom. The summed E-state index contributed by atoms with van der Waals surface area (Å²) in [7, 11) is 0. The zero-order valence-electron chi connectivity index (χ0n) is 11.0. The van der Waals surface area contributed by atoms with Crippen molar-refractivity contribution in [2.75, 3.05) is 18.5 Å². The SMILES string of the molecule is CCC(=O)NCCc1ccc2c(c1)NC(=O)CCO2. The molecule has 0 fully saturated rings. The van der Waals surface area contributed by atoms with Gasteiger partial charge in [-0.1, -0.05) is 13.0 Å². The minimum Gasteiger partial charge on any atom is -0.491 e. The van der Waals surface area contributed by atoms with Crippen LogP contribution >= 0.6 is 0 Å². The number of carbonyl (C=O) groups is 2. The number of anilines is 1. The first kappa shape index (κ1) is 13.4. The van der Waals surface area contributed by atoms with Crippen LogP contribution in [0.2, 0.25) is 0 Å². The average Bonchev–Trinajstić information content (AvgIpc) is 2.58. The third kappa shape index (κ3) is 3.71. The second-order valence-corrected chi connectivity index (χ2v) is 4.43. The maximum atomic E-state index is 11.5. The fourth-order valence-electron chi connectivity index (χ4n) is 1.89. The van der Waals surface area contributed by atoms with E-state index >= 15 is 0 Å². The average molecular weight is 262 g/mol. The lowest BCUT2D eigenvalue weighted by Gasteiger charge is -2.09. The normalized spacial score (nSPS) is 13.8. The summed E-state index contributed by atoms with van der Waals surface area (Å²) in [5, 5.41) is 5.65. The predicted molar refractivity (Wildman–Crippen MR) is 72.2 cm³/mol. The highest BCUT2D eigenvalue weighted by molar-refractivity contribution is 5.93. The monoisotopic (exact) mass is 262 g/mol. The summed E-state index contributed by atoms with van der Waals surface area (Å²) in [6, 6.07) is 5.71. The van der Waals surface area contributed by atoms with Gasteiger partial charge < -0.3 is 15.4 Å². The van der Waals surface area contributed by atoms with Gasteiger partial charge in [0.2, 0.25) is 11.8 Å². The van der Waals surface area contributed by atoms with Crippen molar-refractivity contribution in [3.8, 4) is 5.75 Å². The molecule has 0 saturated carbocycles. The molecule has 0 atom stereocenters. The zero-order valence-corrected chi connectivity index (χ0v) is 11.0. The van der Waals surface area contributed by atoms with Gasteiger partial charge in [-0.2, -0.15) is 0 Å². The molecule has 2 amide bonds. The lowest BCUT2D eigenvalue weighted by molar-refractivity contribution is -0.120. The zero-order chi connectivity index (χ0) is 13.7. The van der Waals surface area contributed by atoms with Crippen LogP contribution in [0.5, 0.6) is 5.75 Å². The van der Waals surface area contributed by atoms with Gasteiger partial charge in [0, 0.05) is 13.0 Å². The van der Waals surface area contributed by atoms with E-state index in [1.807, 2.05) is 25.1 Å². The highest BCUT2D eigenvalue weighted by Crippen LogP contribution is 2.28. The van der Waals surface area contributed by atoms with Crippen molar-refractivity contribution in [2.24, 2.45) is 0 Å². The molecule has 0 bridgehead atoms. The largest absolute Gasteiger partial charge is 0.491 e. The molecule has 1 aliphatic heterocycles.